The molecule has 0 atom stereocenters. The molecule has 0 heterocycles. The van der Waals surface area contributed by atoms with Crippen LogP contribution in [0.3, 0.4) is 0 Å². The van der Waals surface area contributed by atoms with Gasteiger partial charge in [-0.3, -0.25) is 4.84 Å². The number of benzene rings is 2. The van der Waals surface area contributed by atoms with Crippen molar-refractivity contribution in [2.45, 2.75) is 19.4 Å². The predicted molar refractivity (Wildman–Crippen MR) is 88.9 cm³/mol. The first kappa shape index (κ1) is 16.3. The molecule has 0 bridgehead atoms. The lowest BCUT2D eigenvalue weighted by molar-refractivity contribution is 0.157. The summed E-state index contributed by atoms with van der Waals surface area (Å²) in [4.78, 5) is 17.7. The predicted octanol–water partition coefficient (Wildman–Crippen LogP) is 4.35. The molecular formula is C17H19ClN2O2. The fourth-order valence-electron chi connectivity index (χ4n) is 2.14. The fourth-order valence-corrected chi connectivity index (χ4v) is 2.33. The lowest BCUT2D eigenvalue weighted by atomic mass is 9.94. The maximum Gasteiger partial charge on any atom is 0.346 e. The van der Waals surface area contributed by atoms with E-state index in [-0.39, 0.29) is 6.03 Å². The average molecular weight is 319 g/mol. The number of para-hydroxylation sites is 1. The summed E-state index contributed by atoms with van der Waals surface area (Å²) >= 11 is 6.03. The molecule has 0 aliphatic rings. The van der Waals surface area contributed by atoms with Crippen LogP contribution in [0.1, 0.15) is 19.4 Å². The van der Waals surface area contributed by atoms with Crippen LogP contribution in [-0.2, 0) is 10.4 Å². The van der Waals surface area contributed by atoms with Gasteiger partial charge in [0.05, 0.1) is 18.3 Å². The number of hydroxylamine groups is 1. The zero-order valence-electron chi connectivity index (χ0n) is 12.8. The van der Waals surface area contributed by atoms with E-state index in [0.717, 1.165) is 5.56 Å². The number of hydrogen-bond acceptors (Lipinski definition) is 2. The van der Waals surface area contributed by atoms with Gasteiger partial charge in [0.25, 0.3) is 0 Å². The molecule has 0 unspecified atom stereocenters. The summed E-state index contributed by atoms with van der Waals surface area (Å²) in [6.45, 7) is 3.82. The van der Waals surface area contributed by atoms with Gasteiger partial charge in [0.15, 0.2) is 0 Å². The van der Waals surface area contributed by atoms with E-state index < -0.39 is 5.54 Å². The Morgan fingerprint density at radius 3 is 2.41 bits per heavy atom. The Morgan fingerprint density at radius 2 is 1.82 bits per heavy atom. The normalized spacial score (nSPS) is 11.1. The van der Waals surface area contributed by atoms with Gasteiger partial charge < -0.3 is 5.32 Å². The molecule has 1 N–H and O–H groups in total. The lowest BCUT2D eigenvalue weighted by Crippen LogP contribution is -2.48. The molecule has 2 amide bonds. The summed E-state index contributed by atoms with van der Waals surface area (Å²) in [6, 6.07) is 16.2. The zero-order chi connectivity index (χ0) is 16.2. The largest absolute Gasteiger partial charge is 0.346 e. The highest BCUT2D eigenvalue weighted by atomic mass is 35.5. The minimum absolute atomic E-state index is 0.348. The summed E-state index contributed by atoms with van der Waals surface area (Å²) in [5, 5.41) is 4.80. The number of halogens is 1. The van der Waals surface area contributed by atoms with Crippen molar-refractivity contribution in [1.29, 1.82) is 0 Å². The molecule has 2 rings (SSSR count). The first-order chi connectivity index (χ1) is 10.4. The number of amides is 2. The topological polar surface area (TPSA) is 41.6 Å². The molecule has 5 heteroatoms. The Labute approximate surface area is 135 Å². The van der Waals surface area contributed by atoms with Gasteiger partial charge in [-0.15, -0.1) is 0 Å². The van der Waals surface area contributed by atoms with Gasteiger partial charge in [0.2, 0.25) is 0 Å². The fraction of sp³-hybridized carbons (Fsp3) is 0.235. The van der Waals surface area contributed by atoms with Gasteiger partial charge in [-0.25, -0.2) is 4.79 Å². The highest BCUT2D eigenvalue weighted by molar-refractivity contribution is 6.30. The number of rotatable bonds is 4. The Hall–Kier alpha value is -2.04. The molecule has 116 valence electrons. The molecule has 0 spiro atoms. The van der Waals surface area contributed by atoms with Crippen molar-refractivity contribution in [1.82, 2.24) is 5.32 Å². The summed E-state index contributed by atoms with van der Waals surface area (Å²) in [5.74, 6) is 0. The van der Waals surface area contributed by atoms with Crippen molar-refractivity contribution >= 4 is 23.3 Å². The van der Waals surface area contributed by atoms with Crippen LogP contribution < -0.4 is 10.4 Å². The maximum atomic E-state index is 12.5. The molecule has 0 fully saturated rings. The molecule has 2 aromatic rings. The summed E-state index contributed by atoms with van der Waals surface area (Å²) in [6.07, 6.45) is 0. The molecule has 4 nitrogen and oxygen atoms in total. The van der Waals surface area contributed by atoms with E-state index in [1.165, 1.54) is 12.2 Å². The van der Waals surface area contributed by atoms with Gasteiger partial charge in [0.1, 0.15) is 0 Å². The van der Waals surface area contributed by atoms with Crippen molar-refractivity contribution in [3.63, 3.8) is 0 Å². The molecule has 2 aromatic carbocycles. The van der Waals surface area contributed by atoms with Gasteiger partial charge in [-0.2, -0.15) is 5.06 Å². The SMILES string of the molecule is CON(C(=O)NC(C)(C)c1cccc(Cl)c1)c1ccccc1. The second-order valence-electron chi connectivity index (χ2n) is 5.38. The van der Waals surface area contributed by atoms with Crippen molar-refractivity contribution in [3.8, 4) is 0 Å². The Bertz CT molecular complexity index is 644. The molecule has 0 aliphatic heterocycles. The van der Waals surface area contributed by atoms with E-state index in [4.69, 9.17) is 16.4 Å². The molecule has 22 heavy (non-hydrogen) atoms. The minimum atomic E-state index is -0.590. The lowest BCUT2D eigenvalue weighted by Gasteiger charge is -2.30. The van der Waals surface area contributed by atoms with Crippen LogP contribution in [0, 0.1) is 0 Å². The van der Waals surface area contributed by atoms with Crippen molar-refractivity contribution < 1.29 is 9.63 Å². The molecule has 0 radical (unpaired) electrons. The number of urea groups is 1. The second kappa shape index (κ2) is 6.81. The zero-order valence-corrected chi connectivity index (χ0v) is 13.6. The van der Waals surface area contributed by atoms with Crippen LogP contribution in [0.15, 0.2) is 54.6 Å². The monoisotopic (exact) mass is 318 g/mol. The number of nitrogens with zero attached hydrogens (tertiary/aromatic N) is 1. The van der Waals surface area contributed by atoms with Crippen molar-refractivity contribution in [3.05, 3.63) is 65.2 Å². The average Bonchev–Trinajstić information content (AvgIpc) is 2.48. The van der Waals surface area contributed by atoms with Gasteiger partial charge in [-0.1, -0.05) is 41.9 Å². The quantitative estimate of drug-likeness (QED) is 0.851. The van der Waals surface area contributed by atoms with Gasteiger partial charge >= 0.3 is 6.03 Å². The Balaban J connectivity index is 2.19. The molecule has 0 aliphatic carbocycles. The van der Waals surface area contributed by atoms with E-state index in [2.05, 4.69) is 5.32 Å². The third kappa shape index (κ3) is 3.78. The van der Waals surface area contributed by atoms with Gasteiger partial charge in [0, 0.05) is 5.02 Å². The summed E-state index contributed by atoms with van der Waals surface area (Å²) in [5.41, 5.74) is 0.981. The smallest absolute Gasteiger partial charge is 0.327 e. The highest BCUT2D eigenvalue weighted by Gasteiger charge is 2.26. The van der Waals surface area contributed by atoms with E-state index >= 15 is 0 Å². The van der Waals surface area contributed by atoms with Gasteiger partial charge in [-0.05, 0) is 43.7 Å². The summed E-state index contributed by atoms with van der Waals surface area (Å²) < 4.78 is 0. The summed E-state index contributed by atoms with van der Waals surface area (Å²) in [7, 11) is 1.46. The first-order valence-corrected chi connectivity index (χ1v) is 7.29. The second-order valence-corrected chi connectivity index (χ2v) is 5.81. The van der Waals surface area contributed by atoms with Crippen LogP contribution in [0.4, 0.5) is 10.5 Å². The number of anilines is 1. The van der Waals surface area contributed by atoms with Crippen LogP contribution in [-0.4, -0.2) is 13.1 Å². The van der Waals surface area contributed by atoms with Crippen LogP contribution in [0.5, 0.6) is 0 Å². The van der Waals surface area contributed by atoms with Crippen molar-refractivity contribution in [2.75, 3.05) is 12.2 Å². The van der Waals surface area contributed by atoms with E-state index in [1.54, 1.807) is 18.2 Å². The van der Waals surface area contributed by atoms with Crippen LogP contribution in [0.2, 0.25) is 5.02 Å². The number of carbonyl (C=O) groups excluding carboxylic acids is 1. The highest BCUT2D eigenvalue weighted by Crippen LogP contribution is 2.24. The number of carbonyl (C=O) groups is 1. The molecule has 0 aromatic heterocycles. The van der Waals surface area contributed by atoms with Crippen LogP contribution >= 0.6 is 11.6 Å². The van der Waals surface area contributed by atoms with Crippen LogP contribution in [0.25, 0.3) is 0 Å². The molecule has 0 saturated carbocycles. The number of nitrogens with one attached hydrogen (secondary N) is 1. The standard InChI is InChI=1S/C17H19ClN2O2/c1-17(2,13-8-7-9-14(18)12-13)19-16(21)20(22-3)15-10-5-4-6-11-15/h4-12H,1-3H3,(H,19,21). The number of hydrogen-bond donors (Lipinski definition) is 1. The third-order valence-corrected chi connectivity index (χ3v) is 3.56. The van der Waals surface area contributed by atoms with Crippen molar-refractivity contribution in [2.24, 2.45) is 0 Å². The van der Waals surface area contributed by atoms with E-state index in [9.17, 15) is 4.79 Å². The Kier molecular flexibility index (Phi) is 5.06. The molecular weight excluding hydrogens is 300 g/mol. The first-order valence-electron chi connectivity index (χ1n) is 6.91. The third-order valence-electron chi connectivity index (χ3n) is 3.32. The van der Waals surface area contributed by atoms with E-state index in [1.807, 2.05) is 50.2 Å². The Morgan fingerprint density at radius 1 is 1.14 bits per heavy atom. The van der Waals surface area contributed by atoms with E-state index in [0.29, 0.717) is 10.7 Å². The minimum Gasteiger partial charge on any atom is -0.327 e. The molecule has 0 saturated heterocycles. The maximum absolute atomic E-state index is 12.5.